The van der Waals surface area contributed by atoms with Gasteiger partial charge in [-0.25, -0.2) is 0 Å². The fourth-order valence-corrected chi connectivity index (χ4v) is 2.14. The van der Waals surface area contributed by atoms with Crippen molar-refractivity contribution in [1.82, 2.24) is 0 Å². The van der Waals surface area contributed by atoms with Crippen LogP contribution >= 0.6 is 0 Å². The van der Waals surface area contributed by atoms with Crippen molar-refractivity contribution in [2.75, 3.05) is 0 Å². The van der Waals surface area contributed by atoms with E-state index in [2.05, 4.69) is 6.92 Å². The molecule has 1 aliphatic heterocycles. The summed E-state index contributed by atoms with van der Waals surface area (Å²) in [6.07, 6.45) is 3.25. The van der Waals surface area contributed by atoms with Gasteiger partial charge in [0.2, 0.25) is 0 Å². The molecule has 0 amide bonds. The molecule has 0 bridgehead atoms. The predicted molar refractivity (Wildman–Crippen MR) is 42.3 cm³/mol. The van der Waals surface area contributed by atoms with Crippen molar-refractivity contribution < 1.29 is 9.84 Å². The highest BCUT2D eigenvalue weighted by molar-refractivity contribution is 5.01. The summed E-state index contributed by atoms with van der Waals surface area (Å²) in [7, 11) is 0. The van der Waals surface area contributed by atoms with Crippen LogP contribution in [0.1, 0.15) is 33.1 Å². The van der Waals surface area contributed by atoms with E-state index in [1.54, 1.807) is 0 Å². The Morgan fingerprint density at radius 1 is 1.36 bits per heavy atom. The molecular formula is C9H16O2. The number of hydrogen-bond donors (Lipinski definition) is 1. The van der Waals surface area contributed by atoms with Gasteiger partial charge in [-0.2, -0.15) is 0 Å². The van der Waals surface area contributed by atoms with E-state index in [4.69, 9.17) is 4.74 Å². The van der Waals surface area contributed by atoms with Crippen LogP contribution < -0.4 is 0 Å². The standard InChI is InChI=1S/C9H16O2/c1-6-5-9(3-4-9)11-7(2)8(6)10/h6-8,10H,3-5H2,1-2H3/t6-,7-,8+/m0/s1. The molecule has 11 heavy (non-hydrogen) atoms. The van der Waals surface area contributed by atoms with E-state index in [1.165, 1.54) is 12.8 Å². The van der Waals surface area contributed by atoms with Gasteiger partial charge in [-0.15, -0.1) is 0 Å². The van der Waals surface area contributed by atoms with Gasteiger partial charge in [0.25, 0.3) is 0 Å². The third kappa shape index (κ3) is 1.18. The zero-order valence-electron chi connectivity index (χ0n) is 7.21. The molecular weight excluding hydrogens is 140 g/mol. The molecule has 2 nitrogen and oxygen atoms in total. The minimum absolute atomic E-state index is 0.0428. The summed E-state index contributed by atoms with van der Waals surface area (Å²) in [5, 5.41) is 9.58. The number of aliphatic hydroxyl groups excluding tert-OH is 1. The molecule has 0 radical (unpaired) electrons. The predicted octanol–water partition coefficient (Wildman–Crippen LogP) is 1.32. The molecule has 2 fully saturated rings. The summed E-state index contributed by atoms with van der Waals surface area (Å²) in [5.41, 5.74) is 0.193. The summed E-state index contributed by atoms with van der Waals surface area (Å²) in [4.78, 5) is 0. The van der Waals surface area contributed by atoms with Gasteiger partial charge in [-0.05, 0) is 32.1 Å². The highest BCUT2D eigenvalue weighted by Crippen LogP contribution is 2.49. The number of ether oxygens (including phenoxy) is 1. The zero-order valence-corrected chi connectivity index (χ0v) is 7.21. The molecule has 2 rings (SSSR count). The first kappa shape index (κ1) is 7.56. The van der Waals surface area contributed by atoms with E-state index in [0.717, 1.165) is 6.42 Å². The molecule has 0 unspecified atom stereocenters. The van der Waals surface area contributed by atoms with Crippen LogP contribution in [-0.2, 0) is 4.74 Å². The monoisotopic (exact) mass is 156 g/mol. The minimum Gasteiger partial charge on any atom is -0.390 e. The molecule has 0 aromatic heterocycles. The van der Waals surface area contributed by atoms with Crippen LogP contribution in [0.3, 0.4) is 0 Å². The molecule has 1 saturated heterocycles. The highest BCUT2D eigenvalue weighted by Gasteiger charge is 2.51. The van der Waals surface area contributed by atoms with Crippen molar-refractivity contribution in [3.63, 3.8) is 0 Å². The van der Waals surface area contributed by atoms with E-state index in [-0.39, 0.29) is 17.8 Å². The van der Waals surface area contributed by atoms with E-state index in [9.17, 15) is 5.11 Å². The summed E-state index contributed by atoms with van der Waals surface area (Å²) in [6.45, 7) is 4.09. The van der Waals surface area contributed by atoms with Gasteiger partial charge in [0.15, 0.2) is 0 Å². The first-order valence-corrected chi connectivity index (χ1v) is 4.49. The van der Waals surface area contributed by atoms with Crippen molar-refractivity contribution in [3.8, 4) is 0 Å². The first-order chi connectivity index (χ1) is 5.13. The maximum Gasteiger partial charge on any atom is 0.0825 e. The number of aliphatic hydroxyl groups is 1. The molecule has 2 heteroatoms. The van der Waals surface area contributed by atoms with Crippen molar-refractivity contribution >= 4 is 0 Å². The Morgan fingerprint density at radius 2 is 2.00 bits per heavy atom. The van der Waals surface area contributed by atoms with Crippen LogP contribution in [0.2, 0.25) is 0 Å². The number of hydrogen-bond acceptors (Lipinski definition) is 2. The molecule has 1 aliphatic carbocycles. The highest BCUT2D eigenvalue weighted by atomic mass is 16.5. The van der Waals surface area contributed by atoms with Crippen molar-refractivity contribution in [2.45, 2.75) is 50.9 Å². The zero-order chi connectivity index (χ0) is 8.06. The first-order valence-electron chi connectivity index (χ1n) is 4.49. The fourth-order valence-electron chi connectivity index (χ4n) is 2.14. The van der Waals surface area contributed by atoms with Gasteiger partial charge in [0.05, 0.1) is 17.8 Å². The molecule has 1 N–H and O–H groups in total. The molecule has 1 heterocycles. The van der Waals surface area contributed by atoms with Gasteiger partial charge >= 0.3 is 0 Å². The Balaban J connectivity index is 2.05. The van der Waals surface area contributed by atoms with Crippen molar-refractivity contribution in [1.29, 1.82) is 0 Å². The maximum absolute atomic E-state index is 9.58. The Kier molecular flexibility index (Phi) is 1.52. The second-order valence-corrected chi connectivity index (χ2v) is 4.18. The molecule has 1 saturated carbocycles. The van der Waals surface area contributed by atoms with Gasteiger partial charge in [-0.3, -0.25) is 0 Å². The summed E-state index contributed by atoms with van der Waals surface area (Å²) < 4.78 is 5.72. The SMILES string of the molecule is C[C@@H]1OC2(CC2)C[C@H](C)[C@H]1O. The van der Waals surface area contributed by atoms with Crippen LogP contribution in [0.15, 0.2) is 0 Å². The van der Waals surface area contributed by atoms with Crippen LogP contribution in [0, 0.1) is 5.92 Å². The third-order valence-corrected chi connectivity index (χ3v) is 3.00. The van der Waals surface area contributed by atoms with E-state index in [1.807, 2.05) is 6.92 Å². The normalized spacial score (nSPS) is 47.7. The van der Waals surface area contributed by atoms with Crippen LogP contribution in [0.5, 0.6) is 0 Å². The lowest BCUT2D eigenvalue weighted by Gasteiger charge is -2.36. The second-order valence-electron chi connectivity index (χ2n) is 4.18. The average Bonchev–Trinajstić information content (AvgIpc) is 2.65. The lowest BCUT2D eigenvalue weighted by Crippen LogP contribution is -2.43. The molecule has 2 aliphatic rings. The largest absolute Gasteiger partial charge is 0.390 e. The van der Waals surface area contributed by atoms with Crippen LogP contribution in [-0.4, -0.2) is 22.9 Å². The lowest BCUT2D eigenvalue weighted by molar-refractivity contribution is -0.145. The van der Waals surface area contributed by atoms with Crippen molar-refractivity contribution in [3.05, 3.63) is 0 Å². The third-order valence-electron chi connectivity index (χ3n) is 3.00. The Bertz CT molecular complexity index is 149. The lowest BCUT2D eigenvalue weighted by atomic mass is 9.90. The van der Waals surface area contributed by atoms with Gasteiger partial charge in [0.1, 0.15) is 0 Å². The molecule has 0 aromatic rings. The second kappa shape index (κ2) is 2.20. The fraction of sp³-hybridized carbons (Fsp3) is 1.00. The Morgan fingerprint density at radius 3 is 2.45 bits per heavy atom. The molecule has 1 spiro atoms. The topological polar surface area (TPSA) is 29.5 Å². The van der Waals surface area contributed by atoms with E-state index < -0.39 is 0 Å². The average molecular weight is 156 g/mol. The smallest absolute Gasteiger partial charge is 0.0825 e. The quantitative estimate of drug-likeness (QED) is 0.573. The van der Waals surface area contributed by atoms with Crippen LogP contribution in [0.25, 0.3) is 0 Å². The molecule has 0 aromatic carbocycles. The molecule has 3 atom stereocenters. The minimum atomic E-state index is -0.249. The number of rotatable bonds is 0. The van der Waals surface area contributed by atoms with Crippen molar-refractivity contribution in [2.24, 2.45) is 5.92 Å². The van der Waals surface area contributed by atoms with Gasteiger partial charge < -0.3 is 9.84 Å². The maximum atomic E-state index is 9.58. The van der Waals surface area contributed by atoms with Crippen LogP contribution in [0.4, 0.5) is 0 Å². The molecule has 64 valence electrons. The summed E-state index contributed by atoms with van der Waals surface area (Å²) in [5.74, 6) is 0.418. The Hall–Kier alpha value is -0.0800. The summed E-state index contributed by atoms with van der Waals surface area (Å²) >= 11 is 0. The van der Waals surface area contributed by atoms with E-state index >= 15 is 0 Å². The Labute approximate surface area is 67.6 Å². The van der Waals surface area contributed by atoms with E-state index in [0.29, 0.717) is 5.92 Å². The van der Waals surface area contributed by atoms with Gasteiger partial charge in [-0.1, -0.05) is 6.92 Å². The van der Waals surface area contributed by atoms with Gasteiger partial charge in [0, 0.05) is 0 Å². The summed E-state index contributed by atoms with van der Waals surface area (Å²) in [6, 6.07) is 0.